The Kier molecular flexibility index (Phi) is 13.9. The summed E-state index contributed by atoms with van der Waals surface area (Å²) < 4.78 is 0. The zero-order chi connectivity index (χ0) is 10.1. The number of carboxylic acids is 1. The van der Waals surface area contributed by atoms with Gasteiger partial charge in [0.25, 0.3) is 0 Å². The van der Waals surface area contributed by atoms with Crippen molar-refractivity contribution in [3.63, 3.8) is 0 Å². The summed E-state index contributed by atoms with van der Waals surface area (Å²) in [4.78, 5) is 10.8. The van der Waals surface area contributed by atoms with E-state index in [1.165, 1.54) is 19.3 Å². The van der Waals surface area contributed by atoms with E-state index in [1.54, 1.807) is 0 Å². The molecule has 0 saturated carbocycles. The first-order valence-electron chi connectivity index (χ1n) is 5.45. The topological polar surface area (TPSA) is 37.3 Å². The van der Waals surface area contributed by atoms with E-state index in [2.05, 4.69) is 6.92 Å². The predicted octanol–water partition coefficient (Wildman–Crippen LogP) is 0.574. The van der Waals surface area contributed by atoms with Gasteiger partial charge in [0, 0.05) is 0 Å². The van der Waals surface area contributed by atoms with Crippen molar-refractivity contribution >= 4 is 5.97 Å². The summed E-state index contributed by atoms with van der Waals surface area (Å²) in [6.07, 6.45) is 7.38. The van der Waals surface area contributed by atoms with Crippen LogP contribution in [0.1, 0.15) is 60.2 Å². The van der Waals surface area contributed by atoms with Crippen molar-refractivity contribution in [2.45, 2.75) is 58.8 Å². The van der Waals surface area contributed by atoms with Gasteiger partial charge in [-0.15, -0.1) is 0 Å². The Balaban J connectivity index is -0.000000720. The summed E-state index contributed by atoms with van der Waals surface area (Å²) in [7, 11) is 0. The molecule has 0 radical (unpaired) electrons. The monoisotopic (exact) mass is 210 g/mol. The number of unbranched alkanes of at least 4 members (excludes halogenated alkanes) is 3. The fourth-order valence-electron chi connectivity index (χ4n) is 1.56. The maximum atomic E-state index is 10.8. The molecule has 0 aliphatic carbocycles. The molecule has 1 N–H and O–H groups in total. The van der Waals surface area contributed by atoms with Crippen LogP contribution < -0.4 is 29.6 Å². The molecule has 2 nitrogen and oxygen atoms in total. The normalized spacial score (nSPS) is 11.9. The fraction of sp³-hybridized carbons (Fsp3) is 0.909. The maximum Gasteiger partial charge on any atom is 1.00 e. The molecule has 14 heavy (non-hydrogen) atoms. The van der Waals surface area contributed by atoms with Crippen molar-refractivity contribution in [1.82, 2.24) is 0 Å². The minimum Gasteiger partial charge on any atom is -1.00 e. The molecular formula is C11H23NaO2. The van der Waals surface area contributed by atoms with Crippen molar-refractivity contribution < 1.29 is 40.9 Å². The van der Waals surface area contributed by atoms with Crippen LogP contribution in [-0.4, -0.2) is 11.1 Å². The number of aliphatic carboxylic acids is 1. The zero-order valence-electron chi connectivity index (χ0n) is 10.9. The summed E-state index contributed by atoms with van der Waals surface area (Å²) in [5.41, 5.74) is 0. The average molecular weight is 210 g/mol. The summed E-state index contributed by atoms with van der Waals surface area (Å²) in [6.45, 7) is 4.21. The molecule has 0 aromatic carbocycles. The van der Waals surface area contributed by atoms with Gasteiger partial charge in [-0.1, -0.05) is 46.0 Å². The van der Waals surface area contributed by atoms with Gasteiger partial charge >= 0.3 is 35.5 Å². The van der Waals surface area contributed by atoms with Crippen molar-refractivity contribution in [3.05, 3.63) is 0 Å². The second kappa shape index (κ2) is 11.5. The van der Waals surface area contributed by atoms with E-state index in [0.29, 0.717) is 0 Å². The minimum atomic E-state index is -0.613. The minimum absolute atomic E-state index is 0. The van der Waals surface area contributed by atoms with E-state index in [4.69, 9.17) is 5.11 Å². The van der Waals surface area contributed by atoms with Crippen LogP contribution in [0.15, 0.2) is 0 Å². The summed E-state index contributed by atoms with van der Waals surface area (Å²) in [5.74, 6) is -0.708. The molecule has 0 aromatic rings. The summed E-state index contributed by atoms with van der Waals surface area (Å²) in [6, 6.07) is 0. The molecule has 0 aliphatic heterocycles. The van der Waals surface area contributed by atoms with E-state index >= 15 is 0 Å². The molecule has 0 saturated heterocycles. The summed E-state index contributed by atoms with van der Waals surface area (Å²) >= 11 is 0. The first-order valence-corrected chi connectivity index (χ1v) is 5.45. The van der Waals surface area contributed by atoms with Gasteiger partial charge in [-0.3, -0.25) is 4.79 Å². The number of hydrogen-bond acceptors (Lipinski definition) is 1. The molecule has 0 spiro atoms. The Labute approximate surface area is 111 Å². The van der Waals surface area contributed by atoms with Crippen molar-refractivity contribution in [2.75, 3.05) is 0 Å². The quantitative estimate of drug-likeness (QED) is 0.470. The van der Waals surface area contributed by atoms with Gasteiger partial charge in [0.2, 0.25) is 0 Å². The third-order valence-corrected chi connectivity index (χ3v) is 2.39. The largest absolute Gasteiger partial charge is 1.00 e. The van der Waals surface area contributed by atoms with Gasteiger partial charge in [-0.25, -0.2) is 0 Å². The Bertz CT molecular complexity index is 143. The van der Waals surface area contributed by atoms with Crippen LogP contribution in [0.25, 0.3) is 0 Å². The van der Waals surface area contributed by atoms with Gasteiger partial charge < -0.3 is 6.53 Å². The standard InChI is InChI=1S/C11H22O2.Na.H/c1-3-5-6-7-9-10(8-4-2)11(12)13;;/h10H,3-9H2,1-2H3,(H,12,13);;/q;+1;-1/t10-;;/m1../s1. The van der Waals surface area contributed by atoms with Crippen molar-refractivity contribution in [3.8, 4) is 0 Å². The van der Waals surface area contributed by atoms with Gasteiger partial charge in [0.1, 0.15) is 0 Å². The molecule has 0 fully saturated rings. The van der Waals surface area contributed by atoms with Gasteiger partial charge in [0.15, 0.2) is 0 Å². The van der Waals surface area contributed by atoms with E-state index in [9.17, 15) is 4.79 Å². The van der Waals surface area contributed by atoms with E-state index in [-0.39, 0.29) is 36.9 Å². The van der Waals surface area contributed by atoms with Crippen molar-refractivity contribution in [1.29, 1.82) is 0 Å². The third-order valence-electron chi connectivity index (χ3n) is 2.39. The molecule has 3 heteroatoms. The molecule has 1 atom stereocenters. The zero-order valence-corrected chi connectivity index (χ0v) is 11.9. The molecule has 0 aromatic heterocycles. The van der Waals surface area contributed by atoms with Gasteiger partial charge in [-0.05, 0) is 12.8 Å². The Morgan fingerprint density at radius 3 is 2.21 bits per heavy atom. The SMILES string of the molecule is CCCCCC[C@@H](CCC)C(=O)O.[H-].[Na+]. The molecule has 0 unspecified atom stereocenters. The van der Waals surface area contributed by atoms with Crippen LogP contribution in [0.5, 0.6) is 0 Å². The Morgan fingerprint density at radius 2 is 1.79 bits per heavy atom. The van der Waals surface area contributed by atoms with Crippen molar-refractivity contribution in [2.24, 2.45) is 5.92 Å². The molecule has 0 aliphatic rings. The van der Waals surface area contributed by atoms with Crippen LogP contribution in [-0.2, 0) is 4.79 Å². The van der Waals surface area contributed by atoms with Crippen LogP contribution in [0.3, 0.4) is 0 Å². The second-order valence-corrected chi connectivity index (χ2v) is 3.67. The Morgan fingerprint density at radius 1 is 1.14 bits per heavy atom. The molecule has 0 bridgehead atoms. The first-order chi connectivity index (χ1) is 6.22. The molecule has 0 amide bonds. The van der Waals surface area contributed by atoms with Gasteiger partial charge in [0.05, 0.1) is 5.92 Å². The number of carbonyl (C=O) groups is 1. The summed E-state index contributed by atoms with van der Waals surface area (Å²) in [5, 5.41) is 8.86. The third kappa shape index (κ3) is 9.04. The Hall–Kier alpha value is 0.470. The van der Waals surface area contributed by atoms with Gasteiger partial charge in [-0.2, -0.15) is 0 Å². The molecular weight excluding hydrogens is 187 g/mol. The second-order valence-electron chi connectivity index (χ2n) is 3.67. The van der Waals surface area contributed by atoms with Crippen LogP contribution in [0, 0.1) is 5.92 Å². The predicted molar refractivity (Wildman–Crippen MR) is 55.9 cm³/mol. The fourth-order valence-corrected chi connectivity index (χ4v) is 1.56. The van der Waals surface area contributed by atoms with E-state index in [0.717, 1.165) is 25.7 Å². The maximum absolute atomic E-state index is 10.8. The first kappa shape index (κ1) is 16.9. The van der Waals surface area contributed by atoms with E-state index in [1.807, 2.05) is 6.92 Å². The molecule has 80 valence electrons. The number of hydrogen-bond donors (Lipinski definition) is 1. The van der Waals surface area contributed by atoms with Crippen LogP contribution in [0.2, 0.25) is 0 Å². The number of carboxylic acid groups (broad SMARTS) is 1. The smallest absolute Gasteiger partial charge is 1.00 e. The van der Waals surface area contributed by atoms with Crippen LogP contribution >= 0.6 is 0 Å². The van der Waals surface area contributed by atoms with Crippen LogP contribution in [0.4, 0.5) is 0 Å². The molecule has 0 rings (SSSR count). The average Bonchev–Trinajstić information content (AvgIpc) is 2.10. The van der Waals surface area contributed by atoms with E-state index < -0.39 is 5.97 Å². The number of rotatable bonds is 8. The molecule has 0 heterocycles.